The van der Waals surface area contributed by atoms with Gasteiger partial charge in [-0.2, -0.15) is 0 Å². The van der Waals surface area contributed by atoms with E-state index in [-0.39, 0.29) is 11.3 Å². The summed E-state index contributed by atoms with van der Waals surface area (Å²) in [6, 6.07) is 17.2. The molecule has 0 saturated carbocycles. The fraction of sp³-hybridized carbons (Fsp3) is 0.348. The number of nitrogens with one attached hydrogen (secondary N) is 1. The maximum Gasteiger partial charge on any atom is 0.224 e. The fourth-order valence-corrected chi connectivity index (χ4v) is 4.78. The second-order valence-corrected chi connectivity index (χ2v) is 9.72. The van der Waals surface area contributed by atoms with E-state index in [9.17, 15) is 4.79 Å². The average Bonchev–Trinajstić information content (AvgIpc) is 3.16. The van der Waals surface area contributed by atoms with Crippen molar-refractivity contribution >= 4 is 38.7 Å². The molecular weight excluding hydrogens is 352 g/mol. The SMILES string of the molecule is CC(C)(C)CC(=O)Nc1ccc2c(c1)CCN2Cc1cc2ccccc2s1. The van der Waals surface area contributed by atoms with Gasteiger partial charge >= 0.3 is 0 Å². The Bertz CT molecular complexity index is 950. The Morgan fingerprint density at radius 2 is 1.96 bits per heavy atom. The quantitative estimate of drug-likeness (QED) is 0.619. The number of nitrogens with zero attached hydrogens (tertiary/aromatic N) is 1. The maximum absolute atomic E-state index is 12.2. The maximum atomic E-state index is 12.2. The van der Waals surface area contributed by atoms with E-state index in [4.69, 9.17) is 0 Å². The molecule has 1 amide bonds. The Hall–Kier alpha value is -2.33. The van der Waals surface area contributed by atoms with Crippen LogP contribution in [0.2, 0.25) is 0 Å². The second kappa shape index (κ2) is 7.01. The third-order valence-corrected chi connectivity index (χ3v) is 5.97. The first-order valence-corrected chi connectivity index (χ1v) is 10.3. The lowest BCUT2D eigenvalue weighted by Gasteiger charge is -2.19. The van der Waals surface area contributed by atoms with Crippen molar-refractivity contribution in [1.29, 1.82) is 0 Å². The first-order chi connectivity index (χ1) is 12.9. The monoisotopic (exact) mass is 378 g/mol. The zero-order valence-electron chi connectivity index (χ0n) is 16.2. The molecule has 0 atom stereocenters. The molecular formula is C23H26N2OS. The molecule has 0 saturated heterocycles. The van der Waals surface area contributed by atoms with Crippen LogP contribution in [0.5, 0.6) is 0 Å². The number of anilines is 2. The van der Waals surface area contributed by atoms with Crippen LogP contribution in [0.3, 0.4) is 0 Å². The minimum absolute atomic E-state index is 0.00185. The van der Waals surface area contributed by atoms with E-state index in [0.29, 0.717) is 6.42 Å². The Balaban J connectivity index is 1.47. The van der Waals surface area contributed by atoms with Crippen LogP contribution < -0.4 is 10.2 Å². The molecule has 1 aliphatic heterocycles. The molecule has 3 aromatic rings. The molecule has 1 aliphatic rings. The highest BCUT2D eigenvalue weighted by Gasteiger charge is 2.21. The van der Waals surface area contributed by atoms with E-state index in [1.807, 2.05) is 17.4 Å². The summed E-state index contributed by atoms with van der Waals surface area (Å²) in [5.74, 6) is 0.0857. The third-order valence-electron chi connectivity index (χ3n) is 4.87. The summed E-state index contributed by atoms with van der Waals surface area (Å²) in [4.78, 5) is 16.0. The highest BCUT2D eigenvalue weighted by molar-refractivity contribution is 7.19. The van der Waals surface area contributed by atoms with Crippen molar-refractivity contribution in [3.8, 4) is 0 Å². The van der Waals surface area contributed by atoms with E-state index in [1.54, 1.807) is 0 Å². The average molecular weight is 379 g/mol. The largest absolute Gasteiger partial charge is 0.366 e. The normalized spacial score (nSPS) is 13.8. The molecule has 0 radical (unpaired) electrons. The summed E-state index contributed by atoms with van der Waals surface area (Å²) in [6.07, 6.45) is 1.56. The van der Waals surface area contributed by atoms with Crippen molar-refractivity contribution in [1.82, 2.24) is 0 Å². The van der Waals surface area contributed by atoms with Gasteiger partial charge in [-0.1, -0.05) is 39.0 Å². The van der Waals surface area contributed by atoms with Crippen LogP contribution in [-0.4, -0.2) is 12.5 Å². The number of carbonyl (C=O) groups excluding carboxylic acids is 1. The first kappa shape index (κ1) is 18.1. The van der Waals surface area contributed by atoms with Crippen molar-refractivity contribution < 1.29 is 4.79 Å². The second-order valence-electron chi connectivity index (χ2n) is 8.55. The van der Waals surface area contributed by atoms with Crippen LogP contribution >= 0.6 is 11.3 Å². The third kappa shape index (κ3) is 4.16. The zero-order chi connectivity index (χ0) is 19.0. The van der Waals surface area contributed by atoms with Crippen molar-refractivity contribution in [3.63, 3.8) is 0 Å². The lowest BCUT2D eigenvalue weighted by molar-refractivity contribution is -0.117. The molecule has 4 heteroatoms. The molecule has 4 rings (SSSR count). The summed E-state index contributed by atoms with van der Waals surface area (Å²) in [6.45, 7) is 8.23. The number of hydrogen-bond acceptors (Lipinski definition) is 3. The molecule has 0 fully saturated rings. The van der Waals surface area contributed by atoms with Gasteiger partial charge in [0.1, 0.15) is 0 Å². The summed E-state index contributed by atoms with van der Waals surface area (Å²) in [5, 5.41) is 4.38. The van der Waals surface area contributed by atoms with Crippen LogP contribution in [0.15, 0.2) is 48.5 Å². The number of carbonyl (C=O) groups is 1. The van der Waals surface area contributed by atoms with Crippen LogP contribution in [0.4, 0.5) is 11.4 Å². The Morgan fingerprint density at radius 1 is 1.15 bits per heavy atom. The van der Waals surface area contributed by atoms with E-state index in [2.05, 4.69) is 73.5 Å². The number of hydrogen-bond donors (Lipinski definition) is 1. The van der Waals surface area contributed by atoms with E-state index >= 15 is 0 Å². The van der Waals surface area contributed by atoms with Crippen molar-refractivity contribution in [2.45, 2.75) is 40.2 Å². The van der Waals surface area contributed by atoms with E-state index in [0.717, 1.165) is 25.2 Å². The first-order valence-electron chi connectivity index (χ1n) is 9.53. The van der Waals surface area contributed by atoms with Gasteiger partial charge in [-0.3, -0.25) is 4.79 Å². The van der Waals surface area contributed by atoms with Crippen molar-refractivity contribution in [2.75, 3.05) is 16.8 Å². The molecule has 0 unspecified atom stereocenters. The summed E-state index contributed by atoms with van der Waals surface area (Å²) < 4.78 is 1.35. The molecule has 2 heterocycles. The van der Waals surface area contributed by atoms with Crippen molar-refractivity contribution in [2.24, 2.45) is 5.41 Å². The molecule has 0 aliphatic carbocycles. The fourth-order valence-electron chi connectivity index (χ4n) is 3.70. The topological polar surface area (TPSA) is 32.3 Å². The van der Waals surface area contributed by atoms with Gasteiger partial charge in [0, 0.05) is 33.9 Å². The van der Waals surface area contributed by atoms with Gasteiger partial charge < -0.3 is 10.2 Å². The minimum atomic E-state index is 0.00185. The van der Waals surface area contributed by atoms with Gasteiger partial charge in [0.25, 0.3) is 0 Å². The van der Waals surface area contributed by atoms with Gasteiger partial charge in [-0.25, -0.2) is 0 Å². The predicted molar refractivity (Wildman–Crippen MR) is 116 cm³/mol. The van der Waals surface area contributed by atoms with Crippen LogP contribution in [0, 0.1) is 5.41 Å². The molecule has 2 aromatic carbocycles. The number of rotatable bonds is 4. The van der Waals surface area contributed by atoms with Crippen LogP contribution in [-0.2, 0) is 17.8 Å². The molecule has 1 N–H and O–H groups in total. The van der Waals surface area contributed by atoms with Crippen LogP contribution in [0.25, 0.3) is 10.1 Å². The van der Waals surface area contributed by atoms with Gasteiger partial charge in [-0.15, -0.1) is 11.3 Å². The van der Waals surface area contributed by atoms with Gasteiger partial charge in [0.05, 0.1) is 6.54 Å². The number of amides is 1. The molecule has 1 aromatic heterocycles. The Kier molecular flexibility index (Phi) is 4.68. The number of benzene rings is 2. The smallest absolute Gasteiger partial charge is 0.224 e. The highest BCUT2D eigenvalue weighted by atomic mass is 32.1. The predicted octanol–water partition coefficient (Wildman–Crippen LogP) is 5.84. The van der Waals surface area contributed by atoms with Gasteiger partial charge in [0.2, 0.25) is 5.91 Å². The van der Waals surface area contributed by atoms with E-state index in [1.165, 1.54) is 26.2 Å². The molecule has 0 spiro atoms. The summed E-state index contributed by atoms with van der Waals surface area (Å²) >= 11 is 1.88. The minimum Gasteiger partial charge on any atom is -0.366 e. The molecule has 27 heavy (non-hydrogen) atoms. The summed E-state index contributed by atoms with van der Waals surface area (Å²) in [7, 11) is 0. The molecule has 140 valence electrons. The standard InChI is InChI=1S/C23H26N2OS/c1-23(2,3)14-22(26)24-18-8-9-20-16(12-18)10-11-25(20)15-19-13-17-6-4-5-7-21(17)27-19/h4-9,12-13H,10-11,14-15H2,1-3H3,(H,24,26). The summed E-state index contributed by atoms with van der Waals surface area (Å²) in [5.41, 5.74) is 3.53. The van der Waals surface area contributed by atoms with Crippen molar-refractivity contribution in [3.05, 3.63) is 59.0 Å². The molecule has 0 bridgehead atoms. The number of fused-ring (bicyclic) bond motifs is 2. The number of thiophene rings is 1. The van der Waals surface area contributed by atoms with Crippen LogP contribution in [0.1, 0.15) is 37.6 Å². The molecule has 3 nitrogen and oxygen atoms in total. The van der Waals surface area contributed by atoms with E-state index < -0.39 is 0 Å². The Labute approximate surface area is 165 Å². The Morgan fingerprint density at radius 3 is 2.74 bits per heavy atom. The van der Waals surface area contributed by atoms with Gasteiger partial charge in [-0.05, 0) is 53.1 Å². The van der Waals surface area contributed by atoms with Gasteiger partial charge in [0.15, 0.2) is 0 Å². The zero-order valence-corrected chi connectivity index (χ0v) is 17.0. The highest BCUT2D eigenvalue weighted by Crippen LogP contribution is 2.34. The lowest BCUT2D eigenvalue weighted by Crippen LogP contribution is -2.20. The lowest BCUT2D eigenvalue weighted by atomic mass is 9.92.